The van der Waals surface area contributed by atoms with Gasteiger partial charge in [-0.05, 0) is 37.8 Å². The zero-order valence-corrected chi connectivity index (χ0v) is 17.2. The number of piperidine rings is 1. The number of hydrogen-bond acceptors (Lipinski definition) is 5. The molecule has 2 saturated heterocycles. The number of hydrogen-bond donors (Lipinski definition) is 2. The number of nitrogens with zero attached hydrogens (tertiary/aromatic N) is 2. The highest BCUT2D eigenvalue weighted by molar-refractivity contribution is 6.30. The Kier molecular flexibility index (Phi) is 9.76. The maximum absolute atomic E-state index is 12.6. The summed E-state index contributed by atoms with van der Waals surface area (Å²) < 4.78 is 5.69. The average Bonchev–Trinajstić information content (AvgIpc) is 3.12. The van der Waals surface area contributed by atoms with Gasteiger partial charge in [0, 0.05) is 25.8 Å². The number of nitrogens with one attached hydrogen (secondary N) is 1. The van der Waals surface area contributed by atoms with Gasteiger partial charge in [0.05, 0.1) is 17.0 Å². The highest BCUT2D eigenvalue weighted by atomic mass is 35.5. The van der Waals surface area contributed by atoms with Crippen LogP contribution in [0.1, 0.15) is 25.7 Å². The van der Waals surface area contributed by atoms with Gasteiger partial charge in [-0.15, -0.1) is 24.8 Å². The van der Waals surface area contributed by atoms with E-state index in [-0.39, 0.29) is 48.7 Å². The minimum absolute atomic E-state index is 0. The molecule has 1 unspecified atom stereocenters. The molecule has 0 bridgehead atoms. The van der Waals surface area contributed by atoms with Gasteiger partial charge in [0.1, 0.15) is 11.9 Å². The lowest BCUT2D eigenvalue weighted by Crippen LogP contribution is -2.47. The Labute approximate surface area is 176 Å². The molecule has 3 heterocycles. The average molecular weight is 440 g/mol. The lowest BCUT2D eigenvalue weighted by molar-refractivity contribution is -0.145. The molecule has 152 valence electrons. The molecule has 0 aliphatic carbocycles. The standard InChI is InChI=1S/C17H23ClN4O3.2ClH/c18-12-3-6-15(20-9-12)21-16(23)11-2-1-7-22(10-11)17(24)14-5-4-13(8-19)25-14;;/h3,6,9,11,13-14H,1-2,4-5,7-8,10,19H2,(H,20,21,23);2*1H/t11?,13-,14+;;/m1../s1. The third-order valence-corrected chi connectivity index (χ3v) is 4.95. The Morgan fingerprint density at radius 3 is 2.70 bits per heavy atom. The van der Waals surface area contributed by atoms with E-state index in [9.17, 15) is 9.59 Å². The largest absolute Gasteiger partial charge is 0.364 e. The third kappa shape index (κ3) is 6.19. The van der Waals surface area contributed by atoms with Gasteiger partial charge in [0.25, 0.3) is 5.91 Å². The fraction of sp³-hybridized carbons (Fsp3) is 0.588. The number of nitrogens with two attached hydrogens (primary N) is 1. The van der Waals surface area contributed by atoms with Crippen molar-refractivity contribution < 1.29 is 14.3 Å². The number of ether oxygens (including phenoxy) is 1. The predicted molar refractivity (Wildman–Crippen MR) is 109 cm³/mol. The number of aromatic nitrogens is 1. The van der Waals surface area contributed by atoms with Gasteiger partial charge in [0.15, 0.2) is 0 Å². The quantitative estimate of drug-likeness (QED) is 0.750. The van der Waals surface area contributed by atoms with Gasteiger partial charge < -0.3 is 20.7 Å². The van der Waals surface area contributed by atoms with E-state index in [1.54, 1.807) is 17.0 Å². The van der Waals surface area contributed by atoms with Crippen molar-refractivity contribution in [2.24, 2.45) is 11.7 Å². The van der Waals surface area contributed by atoms with Crippen LogP contribution in [-0.2, 0) is 14.3 Å². The van der Waals surface area contributed by atoms with E-state index < -0.39 is 6.10 Å². The summed E-state index contributed by atoms with van der Waals surface area (Å²) in [5, 5.41) is 3.30. The molecule has 10 heteroatoms. The van der Waals surface area contributed by atoms with Crippen LogP contribution in [0.25, 0.3) is 0 Å². The van der Waals surface area contributed by atoms with Gasteiger partial charge in [-0.2, -0.15) is 0 Å². The Morgan fingerprint density at radius 1 is 1.30 bits per heavy atom. The van der Waals surface area contributed by atoms with E-state index in [0.717, 1.165) is 19.3 Å². The number of pyridine rings is 1. The number of amides is 2. The zero-order valence-electron chi connectivity index (χ0n) is 14.8. The summed E-state index contributed by atoms with van der Waals surface area (Å²) in [5.41, 5.74) is 5.60. The van der Waals surface area contributed by atoms with Gasteiger partial charge in [0.2, 0.25) is 5.91 Å². The van der Waals surface area contributed by atoms with Crippen molar-refractivity contribution >= 4 is 54.0 Å². The Balaban J connectivity index is 0.00000182. The van der Waals surface area contributed by atoms with Crippen molar-refractivity contribution in [1.82, 2.24) is 9.88 Å². The molecule has 1 aromatic heterocycles. The molecule has 0 radical (unpaired) electrons. The van der Waals surface area contributed by atoms with Crippen molar-refractivity contribution in [3.05, 3.63) is 23.4 Å². The second kappa shape index (κ2) is 11.0. The van der Waals surface area contributed by atoms with Crippen molar-refractivity contribution in [2.45, 2.75) is 37.9 Å². The number of carbonyl (C=O) groups is 2. The van der Waals surface area contributed by atoms with Crippen LogP contribution < -0.4 is 11.1 Å². The minimum Gasteiger partial charge on any atom is -0.364 e. The predicted octanol–water partition coefficient (Wildman–Crippen LogP) is 2.26. The topological polar surface area (TPSA) is 97.6 Å². The van der Waals surface area contributed by atoms with E-state index in [1.807, 2.05) is 0 Å². The summed E-state index contributed by atoms with van der Waals surface area (Å²) >= 11 is 5.79. The summed E-state index contributed by atoms with van der Waals surface area (Å²) in [6.07, 6.45) is 4.09. The summed E-state index contributed by atoms with van der Waals surface area (Å²) in [6, 6.07) is 3.33. The molecule has 3 rings (SSSR count). The van der Waals surface area contributed by atoms with Crippen LogP contribution in [0.4, 0.5) is 5.82 Å². The van der Waals surface area contributed by atoms with Crippen LogP contribution in [0.2, 0.25) is 5.02 Å². The molecule has 1 aromatic rings. The molecular weight excluding hydrogens is 415 g/mol. The first-order valence-corrected chi connectivity index (χ1v) is 9.01. The Morgan fingerprint density at radius 2 is 2.07 bits per heavy atom. The van der Waals surface area contributed by atoms with Crippen LogP contribution in [0.5, 0.6) is 0 Å². The van der Waals surface area contributed by atoms with E-state index >= 15 is 0 Å². The zero-order chi connectivity index (χ0) is 17.8. The molecule has 2 fully saturated rings. The van der Waals surface area contributed by atoms with Gasteiger partial charge in [-0.3, -0.25) is 9.59 Å². The maximum Gasteiger partial charge on any atom is 0.251 e. The summed E-state index contributed by atoms with van der Waals surface area (Å²) in [6.45, 7) is 1.50. The maximum atomic E-state index is 12.6. The van der Waals surface area contributed by atoms with Crippen molar-refractivity contribution in [3.8, 4) is 0 Å². The summed E-state index contributed by atoms with van der Waals surface area (Å²) in [7, 11) is 0. The fourth-order valence-corrected chi connectivity index (χ4v) is 3.45. The smallest absolute Gasteiger partial charge is 0.251 e. The van der Waals surface area contributed by atoms with Crippen molar-refractivity contribution in [1.29, 1.82) is 0 Å². The molecule has 0 aromatic carbocycles. The SMILES string of the molecule is Cl.Cl.NC[C@H]1CC[C@@H](C(=O)N2CCCC(C(=O)Nc3ccc(Cl)cn3)C2)O1. The fourth-order valence-electron chi connectivity index (χ4n) is 3.33. The lowest BCUT2D eigenvalue weighted by atomic mass is 9.96. The van der Waals surface area contributed by atoms with E-state index in [4.69, 9.17) is 22.1 Å². The van der Waals surface area contributed by atoms with Crippen LogP contribution in [-0.4, -0.2) is 53.5 Å². The molecule has 7 nitrogen and oxygen atoms in total. The van der Waals surface area contributed by atoms with Crippen LogP contribution >= 0.6 is 36.4 Å². The molecule has 3 N–H and O–H groups in total. The monoisotopic (exact) mass is 438 g/mol. The Bertz CT molecular complexity index is 632. The highest BCUT2D eigenvalue weighted by Gasteiger charge is 2.36. The van der Waals surface area contributed by atoms with Crippen LogP contribution in [0.3, 0.4) is 0 Å². The number of likely N-dealkylation sites (tertiary alicyclic amines) is 1. The molecule has 2 amide bonds. The first-order valence-electron chi connectivity index (χ1n) is 8.63. The lowest BCUT2D eigenvalue weighted by Gasteiger charge is -2.33. The van der Waals surface area contributed by atoms with Crippen LogP contribution in [0.15, 0.2) is 18.3 Å². The first kappa shape index (κ1) is 23.9. The molecule has 3 atom stereocenters. The molecule has 0 saturated carbocycles. The van der Waals surface area contributed by atoms with Gasteiger partial charge in [-0.1, -0.05) is 11.6 Å². The van der Waals surface area contributed by atoms with Crippen LogP contribution in [0, 0.1) is 5.92 Å². The Hall–Kier alpha value is -1.12. The van der Waals surface area contributed by atoms with Gasteiger partial charge in [-0.25, -0.2) is 4.98 Å². The van der Waals surface area contributed by atoms with Gasteiger partial charge >= 0.3 is 0 Å². The number of halogens is 3. The second-order valence-corrected chi connectivity index (χ2v) is 6.97. The van der Waals surface area contributed by atoms with E-state index in [1.165, 1.54) is 6.20 Å². The summed E-state index contributed by atoms with van der Waals surface area (Å²) in [5.74, 6) is 0.0576. The summed E-state index contributed by atoms with van der Waals surface area (Å²) in [4.78, 5) is 30.9. The van der Waals surface area contributed by atoms with Crippen molar-refractivity contribution in [2.75, 3.05) is 25.0 Å². The molecule has 27 heavy (non-hydrogen) atoms. The minimum atomic E-state index is -0.423. The van der Waals surface area contributed by atoms with E-state index in [0.29, 0.717) is 36.9 Å². The normalized spacial score (nSPS) is 24.5. The molecule has 2 aliphatic heterocycles. The number of rotatable bonds is 4. The molecule has 0 spiro atoms. The van der Waals surface area contributed by atoms with E-state index in [2.05, 4.69) is 10.3 Å². The number of anilines is 1. The third-order valence-electron chi connectivity index (χ3n) is 4.73. The molecular formula is C17H25Cl3N4O3. The highest BCUT2D eigenvalue weighted by Crippen LogP contribution is 2.24. The second-order valence-electron chi connectivity index (χ2n) is 6.53. The first-order chi connectivity index (χ1) is 12.1. The molecule has 2 aliphatic rings. The number of carbonyl (C=O) groups excluding carboxylic acids is 2. The van der Waals surface area contributed by atoms with Crippen molar-refractivity contribution in [3.63, 3.8) is 0 Å².